The average Bonchev–Trinajstić information content (AvgIpc) is 3.39. The molecule has 0 bridgehead atoms. The first-order valence-electron chi connectivity index (χ1n) is 14.2. The standard InChI is InChI=1S/C27H42ClN5O3/c1-30-10-12-32(13-11-30)19-15-20-25-24(16-19)36-23-14-18(28)4-5-22(23)33(25)17-21(26(20)34)27(35)29-6-9-31-7-2-3-8-31/h17-20,22-25H,2-16H2,1H3,(H,29,35). The molecule has 2 saturated carbocycles. The quantitative estimate of drug-likeness (QED) is 0.433. The zero-order valence-electron chi connectivity index (χ0n) is 21.6. The van der Waals surface area contributed by atoms with Crippen LogP contribution in [-0.2, 0) is 14.3 Å². The van der Waals surface area contributed by atoms with Gasteiger partial charge in [-0.15, -0.1) is 11.6 Å². The number of hydrogen-bond donors (Lipinski definition) is 1. The number of nitrogens with zero attached hydrogens (tertiary/aromatic N) is 4. The van der Waals surface area contributed by atoms with Gasteiger partial charge in [-0.1, -0.05) is 0 Å². The Labute approximate surface area is 220 Å². The Balaban J connectivity index is 1.23. The van der Waals surface area contributed by atoms with Crippen molar-refractivity contribution in [3.8, 4) is 0 Å². The van der Waals surface area contributed by atoms with Crippen molar-refractivity contribution in [1.82, 2.24) is 24.9 Å². The van der Waals surface area contributed by atoms with E-state index in [1.54, 1.807) is 0 Å². The van der Waals surface area contributed by atoms with Crippen molar-refractivity contribution < 1.29 is 14.3 Å². The van der Waals surface area contributed by atoms with Crippen molar-refractivity contribution in [3.63, 3.8) is 0 Å². The molecular weight excluding hydrogens is 478 g/mol. The lowest BCUT2D eigenvalue weighted by molar-refractivity contribution is -0.188. The Morgan fingerprint density at radius 1 is 1.06 bits per heavy atom. The topological polar surface area (TPSA) is 68.4 Å². The number of morpholine rings is 1. The summed E-state index contributed by atoms with van der Waals surface area (Å²) in [4.78, 5) is 36.9. The predicted octanol–water partition coefficient (Wildman–Crippen LogP) is 1.29. The molecule has 3 saturated heterocycles. The molecule has 1 N–H and O–H groups in total. The number of piperazine rings is 1. The van der Waals surface area contributed by atoms with E-state index >= 15 is 0 Å². The van der Waals surface area contributed by atoms with Gasteiger partial charge in [0, 0.05) is 62.8 Å². The van der Waals surface area contributed by atoms with E-state index in [1.807, 2.05) is 6.20 Å². The van der Waals surface area contributed by atoms with Crippen LogP contribution in [0.15, 0.2) is 11.8 Å². The summed E-state index contributed by atoms with van der Waals surface area (Å²) in [6.07, 6.45) is 8.97. The molecule has 1 amide bonds. The van der Waals surface area contributed by atoms with Gasteiger partial charge in [0.05, 0.1) is 29.9 Å². The highest BCUT2D eigenvalue weighted by atomic mass is 35.5. The Hall–Kier alpha value is -1.19. The van der Waals surface area contributed by atoms with Crippen LogP contribution in [0.25, 0.3) is 0 Å². The van der Waals surface area contributed by atoms with Crippen LogP contribution in [0.3, 0.4) is 0 Å². The van der Waals surface area contributed by atoms with Crippen LogP contribution in [0, 0.1) is 5.92 Å². The Morgan fingerprint density at radius 2 is 1.83 bits per heavy atom. The van der Waals surface area contributed by atoms with E-state index < -0.39 is 0 Å². The lowest BCUT2D eigenvalue weighted by atomic mass is 9.70. The van der Waals surface area contributed by atoms with Gasteiger partial charge in [-0.25, -0.2) is 0 Å². The van der Waals surface area contributed by atoms with Gasteiger partial charge in [-0.2, -0.15) is 0 Å². The van der Waals surface area contributed by atoms with Crippen molar-refractivity contribution in [1.29, 1.82) is 0 Å². The summed E-state index contributed by atoms with van der Waals surface area (Å²) in [7, 11) is 2.17. The molecule has 0 spiro atoms. The van der Waals surface area contributed by atoms with Crippen molar-refractivity contribution in [2.45, 2.75) is 80.7 Å². The fourth-order valence-electron chi connectivity index (χ4n) is 7.67. The second-order valence-electron chi connectivity index (χ2n) is 11.9. The van der Waals surface area contributed by atoms with Gasteiger partial charge in [0.15, 0.2) is 5.78 Å². The number of Topliss-reactive ketones (excluding diaryl/α,β-unsaturated/α-hetero) is 1. The summed E-state index contributed by atoms with van der Waals surface area (Å²) < 4.78 is 6.76. The van der Waals surface area contributed by atoms with Crippen LogP contribution in [0.5, 0.6) is 0 Å². The van der Waals surface area contributed by atoms with Gasteiger partial charge in [0.2, 0.25) is 0 Å². The molecule has 5 fully saturated rings. The summed E-state index contributed by atoms with van der Waals surface area (Å²) in [5.41, 5.74) is 0.351. The van der Waals surface area contributed by atoms with Crippen molar-refractivity contribution in [2.24, 2.45) is 5.92 Å². The number of ether oxygens (including phenoxy) is 1. The number of carbonyl (C=O) groups is 2. The molecule has 9 heteroatoms. The molecule has 0 aromatic carbocycles. The number of likely N-dealkylation sites (N-methyl/N-ethyl adjacent to an activating group) is 1. The molecule has 0 aromatic rings. The maximum absolute atomic E-state index is 13.9. The third-order valence-electron chi connectivity index (χ3n) is 9.68. The van der Waals surface area contributed by atoms with Crippen LogP contribution >= 0.6 is 11.6 Å². The molecule has 0 radical (unpaired) electrons. The van der Waals surface area contributed by atoms with E-state index in [9.17, 15) is 9.59 Å². The molecule has 4 aliphatic heterocycles. The van der Waals surface area contributed by atoms with Crippen LogP contribution in [0.1, 0.15) is 44.9 Å². The Bertz CT molecular complexity index is 871. The highest BCUT2D eigenvalue weighted by Gasteiger charge is 2.56. The number of likely N-dealkylation sites (tertiary alicyclic amines) is 1. The monoisotopic (exact) mass is 519 g/mol. The predicted molar refractivity (Wildman–Crippen MR) is 139 cm³/mol. The van der Waals surface area contributed by atoms with Crippen molar-refractivity contribution in [3.05, 3.63) is 11.8 Å². The molecular formula is C27H42ClN5O3. The summed E-state index contributed by atoms with van der Waals surface area (Å²) in [6, 6.07) is 0.556. The highest BCUT2D eigenvalue weighted by molar-refractivity contribution is 6.21. The van der Waals surface area contributed by atoms with Crippen molar-refractivity contribution >= 4 is 23.3 Å². The van der Waals surface area contributed by atoms with Crippen molar-refractivity contribution in [2.75, 3.05) is 59.4 Å². The zero-order chi connectivity index (χ0) is 24.8. The molecule has 0 aromatic heterocycles. The van der Waals surface area contributed by atoms with Crippen LogP contribution in [0.2, 0.25) is 0 Å². The number of rotatable bonds is 5. The summed E-state index contributed by atoms with van der Waals surface area (Å²) in [5.74, 6) is -0.371. The Kier molecular flexibility index (Phi) is 7.34. The number of alkyl halides is 1. The van der Waals surface area contributed by atoms with Gasteiger partial charge in [0.25, 0.3) is 5.91 Å². The van der Waals surface area contributed by atoms with E-state index in [4.69, 9.17) is 16.3 Å². The van der Waals surface area contributed by atoms with Gasteiger partial charge in [-0.3, -0.25) is 14.5 Å². The van der Waals surface area contributed by atoms with Gasteiger partial charge < -0.3 is 24.8 Å². The highest BCUT2D eigenvalue weighted by Crippen LogP contribution is 2.46. The van der Waals surface area contributed by atoms with E-state index in [1.165, 1.54) is 12.8 Å². The molecule has 6 rings (SSSR count). The number of halogens is 1. The normalized spacial score (nSPS) is 39.9. The smallest absolute Gasteiger partial charge is 0.256 e. The number of ketones is 1. The first-order valence-corrected chi connectivity index (χ1v) is 14.7. The molecule has 4 heterocycles. The maximum Gasteiger partial charge on any atom is 0.256 e. The molecule has 7 unspecified atom stereocenters. The average molecular weight is 520 g/mol. The van der Waals surface area contributed by atoms with Crippen LogP contribution in [-0.4, -0.2) is 126 Å². The van der Waals surface area contributed by atoms with Gasteiger partial charge >= 0.3 is 0 Å². The SMILES string of the molecule is CN1CCN(C2CC3OC4CC(Cl)CCC4N4C=C(C(=O)NCCN5CCCC5)C(=O)C(C2)C34)CC1. The lowest BCUT2D eigenvalue weighted by Crippen LogP contribution is -2.69. The number of hydrogen-bond acceptors (Lipinski definition) is 7. The second-order valence-corrected chi connectivity index (χ2v) is 12.5. The maximum atomic E-state index is 13.9. The second kappa shape index (κ2) is 10.5. The molecule has 8 nitrogen and oxygen atoms in total. The minimum absolute atomic E-state index is 0.0107. The van der Waals surface area contributed by atoms with E-state index in [0.717, 1.165) is 77.9 Å². The lowest BCUT2D eigenvalue weighted by Gasteiger charge is -2.59. The minimum Gasteiger partial charge on any atom is -0.371 e. The molecule has 6 aliphatic rings. The summed E-state index contributed by atoms with van der Waals surface area (Å²) in [6.45, 7) is 7.82. The molecule has 200 valence electrons. The number of fused-ring (bicyclic) bond motifs is 2. The largest absolute Gasteiger partial charge is 0.371 e. The third-order valence-corrected chi connectivity index (χ3v) is 10.1. The summed E-state index contributed by atoms with van der Waals surface area (Å²) in [5, 5.41) is 3.21. The first-order chi connectivity index (χ1) is 17.5. The number of nitrogens with one attached hydrogen (secondary N) is 1. The first kappa shape index (κ1) is 25.1. The van der Waals surface area contributed by atoms with Crippen LogP contribution < -0.4 is 5.32 Å². The number of carbonyl (C=O) groups excluding carboxylic acids is 2. The zero-order valence-corrected chi connectivity index (χ0v) is 22.4. The summed E-state index contributed by atoms with van der Waals surface area (Å²) >= 11 is 6.57. The number of amides is 1. The fourth-order valence-corrected chi connectivity index (χ4v) is 7.97. The molecule has 2 aliphatic carbocycles. The fraction of sp³-hybridized carbons (Fsp3) is 0.852. The molecule has 36 heavy (non-hydrogen) atoms. The third kappa shape index (κ3) is 4.84. The van der Waals surface area contributed by atoms with Crippen LogP contribution in [0.4, 0.5) is 0 Å². The molecule has 7 atom stereocenters. The van der Waals surface area contributed by atoms with E-state index in [0.29, 0.717) is 18.2 Å². The van der Waals surface area contributed by atoms with E-state index in [2.05, 4.69) is 32.0 Å². The van der Waals surface area contributed by atoms with E-state index in [-0.39, 0.29) is 47.3 Å². The van der Waals surface area contributed by atoms with Gasteiger partial charge in [0.1, 0.15) is 0 Å². The van der Waals surface area contributed by atoms with Gasteiger partial charge in [-0.05, 0) is 65.1 Å². The minimum atomic E-state index is -0.204. The Morgan fingerprint density at radius 3 is 2.61 bits per heavy atom.